The number of hydrogen-bond acceptors (Lipinski definition) is 3. The standard InChI is InChI=1S/C10H11N3OS/c14-10(13-15)12-5-8-3-1-2-7-4-11-6-9(7)8/h1-3,11H,4-6H2,(H,12,14). The van der Waals surface area contributed by atoms with Gasteiger partial charge in [-0.05, 0) is 16.7 Å². The van der Waals surface area contributed by atoms with Gasteiger partial charge in [-0.25, -0.2) is 4.79 Å². The lowest BCUT2D eigenvalue weighted by molar-refractivity contribution is 0.249. The van der Waals surface area contributed by atoms with Gasteiger partial charge in [0.2, 0.25) is 0 Å². The van der Waals surface area contributed by atoms with E-state index in [9.17, 15) is 4.79 Å². The monoisotopic (exact) mass is 221 g/mol. The van der Waals surface area contributed by atoms with Crippen molar-refractivity contribution in [2.45, 2.75) is 19.6 Å². The van der Waals surface area contributed by atoms with Crippen molar-refractivity contribution in [3.05, 3.63) is 34.9 Å². The zero-order valence-corrected chi connectivity index (χ0v) is 8.93. The van der Waals surface area contributed by atoms with Crippen LogP contribution in [0.3, 0.4) is 0 Å². The summed E-state index contributed by atoms with van der Waals surface area (Å²) in [6.45, 7) is 2.26. The van der Waals surface area contributed by atoms with Crippen molar-refractivity contribution >= 4 is 18.5 Å². The van der Waals surface area contributed by atoms with E-state index in [0.29, 0.717) is 6.54 Å². The molecule has 0 saturated carbocycles. The van der Waals surface area contributed by atoms with Gasteiger partial charge in [0.25, 0.3) is 0 Å². The summed E-state index contributed by atoms with van der Waals surface area (Å²) in [5.41, 5.74) is 3.71. The molecule has 1 aliphatic rings. The molecule has 78 valence electrons. The van der Waals surface area contributed by atoms with Crippen LogP contribution in [-0.2, 0) is 32.1 Å². The Balaban J connectivity index is 2.12. The number of urea groups is 1. The molecule has 0 spiro atoms. The Kier molecular flexibility index (Phi) is 3.03. The maximum Gasteiger partial charge on any atom is 0.352 e. The molecule has 1 aromatic carbocycles. The molecule has 5 heteroatoms. The van der Waals surface area contributed by atoms with E-state index in [0.717, 1.165) is 18.7 Å². The molecule has 0 radical (unpaired) electrons. The first-order chi connectivity index (χ1) is 7.31. The highest BCUT2D eigenvalue weighted by Crippen LogP contribution is 2.19. The fourth-order valence-corrected chi connectivity index (χ4v) is 1.84. The number of rotatable bonds is 2. The fourth-order valence-electron chi connectivity index (χ4n) is 1.77. The van der Waals surface area contributed by atoms with Crippen LogP contribution in [0.1, 0.15) is 16.7 Å². The molecular weight excluding hydrogens is 210 g/mol. The van der Waals surface area contributed by atoms with E-state index < -0.39 is 6.03 Å². The number of hydrogen-bond donors (Lipinski definition) is 2. The van der Waals surface area contributed by atoms with Gasteiger partial charge in [-0.15, -0.1) is 4.36 Å². The van der Waals surface area contributed by atoms with Gasteiger partial charge in [0.15, 0.2) is 0 Å². The van der Waals surface area contributed by atoms with Gasteiger partial charge < -0.3 is 10.6 Å². The molecule has 0 unspecified atom stereocenters. The minimum absolute atomic E-state index is 0.450. The maximum atomic E-state index is 10.9. The van der Waals surface area contributed by atoms with Crippen LogP contribution in [0.25, 0.3) is 0 Å². The molecule has 0 aliphatic carbocycles. The SMILES string of the molecule is O=C(N=S)NCc1cccc2c1CNC2. The predicted octanol–water partition coefficient (Wildman–Crippen LogP) is 1.23. The van der Waals surface area contributed by atoms with Crippen LogP contribution in [0.2, 0.25) is 0 Å². The van der Waals surface area contributed by atoms with Crippen molar-refractivity contribution in [3.8, 4) is 0 Å². The summed E-state index contributed by atoms with van der Waals surface area (Å²) >= 11 is 4.29. The molecule has 1 heterocycles. The molecule has 15 heavy (non-hydrogen) atoms. The number of nitrogens with one attached hydrogen (secondary N) is 2. The predicted molar refractivity (Wildman–Crippen MR) is 59.0 cm³/mol. The van der Waals surface area contributed by atoms with Crippen LogP contribution < -0.4 is 10.6 Å². The van der Waals surface area contributed by atoms with Crippen molar-refractivity contribution in [1.82, 2.24) is 10.6 Å². The lowest BCUT2D eigenvalue weighted by Crippen LogP contribution is -2.19. The number of amides is 2. The molecule has 0 aromatic heterocycles. The third-order valence-corrected chi connectivity index (χ3v) is 2.67. The highest BCUT2D eigenvalue weighted by Gasteiger charge is 2.13. The van der Waals surface area contributed by atoms with Gasteiger partial charge in [0.1, 0.15) is 0 Å². The molecule has 1 aliphatic heterocycles. The molecule has 2 rings (SSSR count). The van der Waals surface area contributed by atoms with E-state index in [1.807, 2.05) is 12.1 Å². The topological polar surface area (TPSA) is 53.5 Å². The summed E-state index contributed by atoms with van der Waals surface area (Å²) in [5, 5.41) is 5.91. The first kappa shape index (κ1) is 10.2. The second-order valence-corrected chi connectivity index (χ2v) is 3.59. The zero-order valence-electron chi connectivity index (χ0n) is 8.12. The molecular formula is C10H11N3OS. The van der Waals surface area contributed by atoms with Gasteiger partial charge in [-0.2, -0.15) is 0 Å². The van der Waals surface area contributed by atoms with Crippen LogP contribution in [0.5, 0.6) is 0 Å². The Hall–Kier alpha value is -1.33. The second-order valence-electron chi connectivity index (χ2n) is 3.41. The lowest BCUT2D eigenvalue weighted by atomic mass is 10.0. The van der Waals surface area contributed by atoms with Crippen molar-refractivity contribution in [3.63, 3.8) is 0 Å². The minimum Gasteiger partial charge on any atom is -0.331 e. The largest absolute Gasteiger partial charge is 0.352 e. The third kappa shape index (κ3) is 2.19. The van der Waals surface area contributed by atoms with Crippen LogP contribution in [0.4, 0.5) is 4.79 Å². The average Bonchev–Trinajstić information content (AvgIpc) is 2.74. The van der Waals surface area contributed by atoms with E-state index in [-0.39, 0.29) is 0 Å². The molecule has 0 bridgehead atoms. The van der Waals surface area contributed by atoms with E-state index >= 15 is 0 Å². The number of benzene rings is 1. The van der Waals surface area contributed by atoms with Crippen molar-refractivity contribution < 1.29 is 4.79 Å². The van der Waals surface area contributed by atoms with E-state index in [1.54, 1.807) is 0 Å². The van der Waals surface area contributed by atoms with E-state index in [4.69, 9.17) is 0 Å². The highest BCUT2D eigenvalue weighted by atomic mass is 32.1. The fraction of sp³-hybridized carbons (Fsp3) is 0.300. The van der Waals surface area contributed by atoms with Crippen LogP contribution in [0.15, 0.2) is 22.6 Å². The summed E-state index contributed by atoms with van der Waals surface area (Å²) in [6, 6.07) is 5.65. The molecule has 4 nitrogen and oxygen atoms in total. The summed E-state index contributed by atoms with van der Waals surface area (Å²) in [5.74, 6) is 0. The smallest absolute Gasteiger partial charge is 0.331 e. The first-order valence-electron chi connectivity index (χ1n) is 4.73. The molecule has 1 aromatic rings. The van der Waals surface area contributed by atoms with Gasteiger partial charge in [0.05, 0.1) is 0 Å². The molecule has 2 amide bonds. The summed E-state index contributed by atoms with van der Waals surface area (Å²) < 4.78 is 3.11. The zero-order chi connectivity index (χ0) is 10.7. The minimum atomic E-state index is -0.450. The van der Waals surface area contributed by atoms with E-state index in [1.165, 1.54) is 11.1 Å². The third-order valence-electron chi connectivity index (χ3n) is 2.50. The number of fused-ring (bicyclic) bond motifs is 1. The normalized spacial score (nSPS) is 13.3. The van der Waals surface area contributed by atoms with Crippen LogP contribution in [0, 0.1) is 0 Å². The van der Waals surface area contributed by atoms with Crippen LogP contribution in [-0.4, -0.2) is 6.03 Å². The van der Waals surface area contributed by atoms with Gasteiger partial charge >= 0.3 is 6.03 Å². The quantitative estimate of drug-likeness (QED) is 0.789. The summed E-state index contributed by atoms with van der Waals surface area (Å²) in [4.78, 5) is 10.9. The Labute approximate surface area is 93.2 Å². The lowest BCUT2D eigenvalue weighted by Gasteiger charge is -2.07. The van der Waals surface area contributed by atoms with E-state index in [2.05, 4.69) is 33.5 Å². The highest BCUT2D eigenvalue weighted by molar-refractivity contribution is 7.47. The maximum absolute atomic E-state index is 10.9. The molecule has 0 atom stereocenters. The number of carbonyl (C=O) groups is 1. The van der Waals surface area contributed by atoms with Crippen molar-refractivity contribution in [2.75, 3.05) is 0 Å². The average molecular weight is 221 g/mol. The van der Waals surface area contributed by atoms with Crippen molar-refractivity contribution in [2.24, 2.45) is 4.36 Å². The second kappa shape index (κ2) is 4.46. The summed E-state index contributed by atoms with van der Waals surface area (Å²) in [7, 11) is 0. The summed E-state index contributed by atoms with van der Waals surface area (Å²) in [6.07, 6.45) is 0. The molecule has 0 saturated heterocycles. The Bertz CT molecular complexity index is 406. The number of nitrogens with zero attached hydrogens (tertiary/aromatic N) is 1. The van der Waals surface area contributed by atoms with Crippen molar-refractivity contribution in [1.29, 1.82) is 0 Å². The molecule has 0 fully saturated rings. The Morgan fingerprint density at radius 3 is 3.20 bits per heavy atom. The van der Waals surface area contributed by atoms with Gasteiger partial charge in [-0.1, -0.05) is 18.2 Å². The Morgan fingerprint density at radius 1 is 1.53 bits per heavy atom. The van der Waals surface area contributed by atoms with Gasteiger partial charge in [-0.3, -0.25) is 0 Å². The van der Waals surface area contributed by atoms with Crippen LogP contribution >= 0.6 is 0 Å². The number of carbonyl (C=O) groups excluding carboxylic acids is 1. The Morgan fingerprint density at radius 2 is 2.40 bits per heavy atom. The van der Waals surface area contributed by atoms with Gasteiger partial charge in [0, 0.05) is 32.1 Å². The first-order valence-corrected chi connectivity index (χ1v) is 5.09. The molecule has 2 N–H and O–H groups in total.